The molecule has 1 aliphatic carbocycles. The van der Waals surface area contributed by atoms with Crippen LogP contribution in [0.4, 0.5) is 5.69 Å². The van der Waals surface area contributed by atoms with Gasteiger partial charge in [-0.1, -0.05) is 13.8 Å². The number of nitrogens with one attached hydrogen (secondary N) is 1. The van der Waals surface area contributed by atoms with Gasteiger partial charge in [0.15, 0.2) is 0 Å². The SMILES string of the molecule is CCc1cc(=[N+](C)C)cc2sc3cc(N4CCCNCC4)cc(CC)c3nc1-2.[Cl-]. The molecule has 0 bridgehead atoms. The zero-order valence-electron chi connectivity index (χ0n) is 17.9. The summed E-state index contributed by atoms with van der Waals surface area (Å²) in [7, 11) is 4.22. The monoisotopic (exact) mass is 430 g/mol. The molecular formula is C23H31ClN4S. The van der Waals surface area contributed by atoms with E-state index in [4.69, 9.17) is 4.98 Å². The average molecular weight is 431 g/mol. The number of aryl methyl sites for hydroxylation is 2. The molecule has 0 aromatic heterocycles. The van der Waals surface area contributed by atoms with Crippen LogP contribution in [0.3, 0.4) is 0 Å². The van der Waals surface area contributed by atoms with E-state index >= 15 is 0 Å². The van der Waals surface area contributed by atoms with Gasteiger partial charge in [-0.2, -0.15) is 0 Å². The fraction of sp³-hybridized carbons (Fsp3) is 0.478. The summed E-state index contributed by atoms with van der Waals surface area (Å²) in [5, 5.41) is 4.77. The van der Waals surface area contributed by atoms with Crippen LogP contribution in [0.1, 0.15) is 31.4 Å². The van der Waals surface area contributed by atoms with E-state index in [1.54, 1.807) is 0 Å². The molecular weight excluding hydrogens is 400 g/mol. The van der Waals surface area contributed by atoms with Crippen LogP contribution in [0.5, 0.6) is 0 Å². The van der Waals surface area contributed by atoms with Crippen LogP contribution in [0, 0.1) is 0 Å². The number of benzene rings is 2. The standard InChI is InChI=1S/C23H31N4S.ClH/c1-5-16-12-18(26(3)4)14-20-22(16)25-23-17(6-2)13-19(15-21(23)28-20)27-10-7-8-24-9-11-27;/h12-15,24H,5-11H2,1-4H3;1H/q+1;/p-1. The molecule has 2 heterocycles. The van der Waals surface area contributed by atoms with E-state index < -0.39 is 0 Å². The van der Waals surface area contributed by atoms with Gasteiger partial charge in [-0.05, 0) is 49.1 Å². The second-order valence-corrected chi connectivity index (χ2v) is 8.89. The molecule has 2 aliphatic heterocycles. The molecule has 0 atom stereocenters. The number of fused-ring (bicyclic) bond motifs is 2. The molecule has 0 unspecified atom stereocenters. The van der Waals surface area contributed by atoms with Gasteiger partial charge in [0.25, 0.3) is 0 Å². The molecule has 156 valence electrons. The summed E-state index contributed by atoms with van der Waals surface area (Å²) in [6.07, 6.45) is 3.22. The van der Waals surface area contributed by atoms with Crippen LogP contribution in [-0.2, 0) is 12.8 Å². The largest absolute Gasteiger partial charge is 1.00 e. The predicted octanol–water partition coefficient (Wildman–Crippen LogP) is 0.361. The maximum absolute atomic E-state index is 5.19. The Bertz CT molecular complexity index is 1030. The van der Waals surface area contributed by atoms with Crippen LogP contribution in [-0.4, -0.2) is 45.3 Å². The zero-order valence-corrected chi connectivity index (χ0v) is 19.5. The highest BCUT2D eigenvalue weighted by atomic mass is 35.5. The molecule has 4 rings (SSSR count). The molecule has 1 aromatic rings. The Morgan fingerprint density at radius 3 is 2.55 bits per heavy atom. The number of halogens is 1. The summed E-state index contributed by atoms with van der Waals surface area (Å²) < 4.78 is 3.49. The van der Waals surface area contributed by atoms with Crippen molar-refractivity contribution in [3.8, 4) is 10.6 Å². The molecule has 4 nitrogen and oxygen atoms in total. The summed E-state index contributed by atoms with van der Waals surface area (Å²) in [5.41, 5.74) is 6.41. The second kappa shape index (κ2) is 9.41. The molecule has 0 saturated carbocycles. The Kier molecular flexibility index (Phi) is 7.14. The van der Waals surface area contributed by atoms with Gasteiger partial charge in [-0.25, -0.2) is 9.56 Å². The summed E-state index contributed by atoms with van der Waals surface area (Å²) in [6.45, 7) is 8.84. The van der Waals surface area contributed by atoms with Crippen LogP contribution in [0.15, 0.2) is 24.3 Å². The number of hydrogen-bond acceptors (Lipinski definition) is 4. The molecule has 29 heavy (non-hydrogen) atoms. The first-order valence-corrected chi connectivity index (χ1v) is 11.3. The van der Waals surface area contributed by atoms with E-state index in [0.29, 0.717) is 0 Å². The summed E-state index contributed by atoms with van der Waals surface area (Å²) >= 11 is 1.89. The predicted molar refractivity (Wildman–Crippen MR) is 122 cm³/mol. The lowest BCUT2D eigenvalue weighted by Gasteiger charge is -2.24. The molecule has 0 amide bonds. The third kappa shape index (κ3) is 4.42. The first-order valence-electron chi connectivity index (χ1n) is 10.5. The topological polar surface area (TPSA) is 31.2 Å². The zero-order chi connectivity index (χ0) is 19.7. The van der Waals surface area contributed by atoms with Crippen molar-refractivity contribution in [3.63, 3.8) is 0 Å². The minimum absolute atomic E-state index is 0. The van der Waals surface area contributed by atoms with E-state index in [2.05, 4.69) is 67.0 Å². The van der Waals surface area contributed by atoms with Crippen molar-refractivity contribution in [3.05, 3.63) is 40.7 Å². The molecule has 6 heteroatoms. The van der Waals surface area contributed by atoms with Crippen molar-refractivity contribution in [1.29, 1.82) is 0 Å². The third-order valence-electron chi connectivity index (χ3n) is 5.70. The average Bonchev–Trinajstić information content (AvgIpc) is 3.00. The molecule has 3 aliphatic rings. The van der Waals surface area contributed by atoms with E-state index in [9.17, 15) is 0 Å². The summed E-state index contributed by atoms with van der Waals surface area (Å²) in [4.78, 5) is 9.00. The van der Waals surface area contributed by atoms with Gasteiger partial charge >= 0.3 is 0 Å². The number of nitrogens with zero attached hydrogens (tertiary/aromatic N) is 3. The number of rotatable bonds is 3. The highest BCUT2D eigenvalue weighted by Gasteiger charge is 2.18. The maximum atomic E-state index is 5.19. The first kappa shape index (κ1) is 22.0. The van der Waals surface area contributed by atoms with E-state index in [1.165, 1.54) is 49.4 Å². The minimum Gasteiger partial charge on any atom is -1.00 e. The molecule has 1 N–H and O–H groups in total. The maximum Gasteiger partial charge on any atom is 0.201 e. The Hall–Kier alpha value is -1.69. The lowest BCUT2D eigenvalue weighted by atomic mass is 10.1. The van der Waals surface area contributed by atoms with Gasteiger partial charge in [0, 0.05) is 37.5 Å². The van der Waals surface area contributed by atoms with Gasteiger partial charge < -0.3 is 22.6 Å². The van der Waals surface area contributed by atoms with Crippen LogP contribution >= 0.6 is 11.3 Å². The van der Waals surface area contributed by atoms with Crippen LogP contribution < -0.4 is 32.6 Å². The third-order valence-corrected chi connectivity index (χ3v) is 6.77. The number of anilines is 1. The normalized spacial score (nSPS) is 14.7. The fourth-order valence-electron chi connectivity index (χ4n) is 4.02. The Morgan fingerprint density at radius 1 is 1.03 bits per heavy atom. The van der Waals surface area contributed by atoms with Crippen molar-refractivity contribution in [2.75, 3.05) is 45.2 Å². The summed E-state index contributed by atoms with van der Waals surface area (Å²) in [6, 6.07) is 9.32. The van der Waals surface area contributed by atoms with Crippen molar-refractivity contribution in [2.24, 2.45) is 0 Å². The van der Waals surface area contributed by atoms with Gasteiger partial charge in [0.2, 0.25) is 5.36 Å². The Morgan fingerprint density at radius 2 is 1.83 bits per heavy atom. The highest BCUT2D eigenvalue weighted by Crippen LogP contribution is 2.36. The van der Waals surface area contributed by atoms with Crippen molar-refractivity contribution >= 4 is 27.2 Å². The van der Waals surface area contributed by atoms with Gasteiger partial charge in [0.1, 0.15) is 14.1 Å². The Labute approximate surface area is 184 Å². The van der Waals surface area contributed by atoms with Crippen LogP contribution in [0.25, 0.3) is 20.8 Å². The molecule has 1 aromatic carbocycles. The first-order chi connectivity index (χ1) is 13.6. The molecule has 0 radical (unpaired) electrons. The van der Waals surface area contributed by atoms with Crippen LogP contribution in [0.2, 0.25) is 0 Å². The van der Waals surface area contributed by atoms with Crippen molar-refractivity contribution < 1.29 is 12.4 Å². The fourth-order valence-corrected chi connectivity index (χ4v) is 5.17. The number of hydrogen-bond donors (Lipinski definition) is 1. The smallest absolute Gasteiger partial charge is 0.201 e. The van der Waals surface area contributed by atoms with Crippen molar-refractivity contribution in [1.82, 2.24) is 14.9 Å². The van der Waals surface area contributed by atoms with Gasteiger partial charge in [0.05, 0.1) is 20.8 Å². The van der Waals surface area contributed by atoms with E-state index in [0.717, 1.165) is 39.0 Å². The summed E-state index contributed by atoms with van der Waals surface area (Å²) in [5.74, 6) is 0. The minimum atomic E-state index is 0. The molecule has 0 spiro atoms. The Balaban J connectivity index is 0.00000240. The highest BCUT2D eigenvalue weighted by molar-refractivity contribution is 7.21. The quantitative estimate of drug-likeness (QED) is 0.481. The molecule has 1 fully saturated rings. The number of aromatic nitrogens is 1. The van der Waals surface area contributed by atoms with Gasteiger partial charge in [-0.15, -0.1) is 11.3 Å². The lowest BCUT2D eigenvalue weighted by Crippen LogP contribution is -3.00. The van der Waals surface area contributed by atoms with E-state index in [1.807, 2.05) is 11.3 Å². The van der Waals surface area contributed by atoms with Gasteiger partial charge in [-0.3, -0.25) is 0 Å². The lowest BCUT2D eigenvalue weighted by molar-refractivity contribution is -0.00000578. The molecule has 1 saturated heterocycles. The van der Waals surface area contributed by atoms with E-state index in [-0.39, 0.29) is 12.4 Å². The second-order valence-electron chi connectivity index (χ2n) is 7.81. The van der Waals surface area contributed by atoms with Crippen molar-refractivity contribution in [2.45, 2.75) is 33.1 Å².